The molecule has 29 heavy (non-hydrogen) atoms. The van der Waals surface area contributed by atoms with Crippen molar-refractivity contribution in [2.24, 2.45) is 4.99 Å². The molecule has 0 saturated heterocycles. The molecule has 0 bridgehead atoms. The molecule has 1 N–H and O–H groups in total. The fourth-order valence-electron chi connectivity index (χ4n) is 2.60. The molecule has 0 amide bonds. The van der Waals surface area contributed by atoms with Crippen LogP contribution in [0.1, 0.15) is 31.8 Å². The number of rotatable bonds is 7. The van der Waals surface area contributed by atoms with Crippen molar-refractivity contribution in [1.29, 1.82) is 0 Å². The molecule has 0 atom stereocenters. The maximum Gasteiger partial charge on any atom is 0.337 e. The van der Waals surface area contributed by atoms with E-state index < -0.39 is 11.9 Å². The zero-order valence-corrected chi connectivity index (χ0v) is 15.7. The number of carboxylic acids is 1. The number of aliphatic imine (C=N–C) groups is 1. The van der Waals surface area contributed by atoms with Gasteiger partial charge in [0.05, 0.1) is 23.9 Å². The summed E-state index contributed by atoms with van der Waals surface area (Å²) in [6.07, 6.45) is 1.67. The minimum atomic E-state index is -0.963. The molecule has 0 fully saturated rings. The van der Waals surface area contributed by atoms with E-state index in [9.17, 15) is 9.59 Å². The molecule has 0 aliphatic rings. The molecular formula is C23H19NO5. The van der Waals surface area contributed by atoms with Crippen molar-refractivity contribution >= 4 is 23.8 Å². The van der Waals surface area contributed by atoms with Gasteiger partial charge < -0.3 is 14.6 Å². The Balaban J connectivity index is 1.73. The third-order valence-electron chi connectivity index (χ3n) is 4.13. The average Bonchev–Trinajstić information content (AvgIpc) is 2.76. The lowest BCUT2D eigenvalue weighted by Crippen LogP contribution is -2.00. The fourth-order valence-corrected chi connectivity index (χ4v) is 2.60. The summed E-state index contributed by atoms with van der Waals surface area (Å²) < 4.78 is 10.6. The molecule has 6 nitrogen and oxygen atoms in total. The second kappa shape index (κ2) is 9.32. The van der Waals surface area contributed by atoms with Gasteiger partial charge in [0, 0.05) is 11.8 Å². The summed E-state index contributed by atoms with van der Waals surface area (Å²) in [4.78, 5) is 27.0. The molecule has 3 rings (SSSR count). The molecule has 3 aromatic rings. The van der Waals surface area contributed by atoms with E-state index in [4.69, 9.17) is 14.6 Å². The maximum atomic E-state index is 11.6. The Bertz CT molecular complexity index is 1040. The van der Waals surface area contributed by atoms with Gasteiger partial charge in [-0.15, -0.1) is 0 Å². The van der Waals surface area contributed by atoms with E-state index in [2.05, 4.69) is 4.99 Å². The number of para-hydroxylation sites is 1. The summed E-state index contributed by atoms with van der Waals surface area (Å²) in [5, 5.41) is 8.96. The number of benzene rings is 3. The number of nitrogens with zero attached hydrogens (tertiary/aromatic N) is 1. The number of ether oxygens (including phenoxy) is 2. The highest BCUT2D eigenvalue weighted by atomic mass is 16.5. The SMILES string of the molecule is COC(=O)c1cccc(N=Cc2ccccc2OCc2ccc(C(=O)O)cc2)c1. The van der Waals surface area contributed by atoms with Gasteiger partial charge in [-0.1, -0.05) is 30.3 Å². The van der Waals surface area contributed by atoms with Gasteiger partial charge >= 0.3 is 11.9 Å². The van der Waals surface area contributed by atoms with E-state index >= 15 is 0 Å². The van der Waals surface area contributed by atoms with Crippen LogP contribution in [0.5, 0.6) is 5.75 Å². The van der Waals surface area contributed by atoms with Gasteiger partial charge in [-0.05, 0) is 48.0 Å². The number of hydrogen-bond donors (Lipinski definition) is 1. The normalized spacial score (nSPS) is 10.7. The monoisotopic (exact) mass is 389 g/mol. The first-order valence-corrected chi connectivity index (χ1v) is 8.83. The third-order valence-corrected chi connectivity index (χ3v) is 4.13. The third kappa shape index (κ3) is 5.29. The first-order valence-electron chi connectivity index (χ1n) is 8.83. The van der Waals surface area contributed by atoms with Gasteiger partial charge in [0.25, 0.3) is 0 Å². The highest BCUT2D eigenvalue weighted by Crippen LogP contribution is 2.20. The zero-order chi connectivity index (χ0) is 20.6. The average molecular weight is 389 g/mol. The van der Waals surface area contributed by atoms with Crippen LogP contribution in [-0.4, -0.2) is 30.4 Å². The minimum absolute atomic E-state index is 0.232. The molecule has 0 aromatic heterocycles. The van der Waals surface area contributed by atoms with Crippen LogP contribution >= 0.6 is 0 Å². The summed E-state index contributed by atoms with van der Waals surface area (Å²) >= 11 is 0. The van der Waals surface area contributed by atoms with Crippen molar-refractivity contribution < 1.29 is 24.2 Å². The van der Waals surface area contributed by atoms with Crippen LogP contribution in [0, 0.1) is 0 Å². The topological polar surface area (TPSA) is 85.2 Å². The van der Waals surface area contributed by atoms with Crippen LogP contribution < -0.4 is 4.74 Å². The standard InChI is InChI=1S/C23H19NO5/c1-28-23(27)18-6-4-7-20(13-18)24-14-19-5-2-3-8-21(19)29-15-16-9-11-17(12-10-16)22(25)26/h2-14H,15H2,1H3,(H,25,26). The molecule has 146 valence electrons. The maximum absolute atomic E-state index is 11.6. The van der Waals surface area contributed by atoms with Crippen LogP contribution in [0.4, 0.5) is 5.69 Å². The number of carbonyl (C=O) groups is 2. The lowest BCUT2D eigenvalue weighted by Gasteiger charge is -2.09. The summed E-state index contributed by atoms with van der Waals surface area (Å²) in [7, 11) is 1.33. The van der Waals surface area contributed by atoms with Gasteiger partial charge in [-0.25, -0.2) is 9.59 Å². The summed E-state index contributed by atoms with van der Waals surface area (Å²) in [5.41, 5.74) is 2.91. The van der Waals surface area contributed by atoms with Crippen LogP contribution in [0.15, 0.2) is 77.8 Å². The lowest BCUT2D eigenvalue weighted by atomic mass is 10.1. The van der Waals surface area contributed by atoms with Crippen LogP contribution in [0.3, 0.4) is 0 Å². The van der Waals surface area contributed by atoms with Crippen LogP contribution in [0.25, 0.3) is 0 Å². The molecule has 0 aliphatic heterocycles. The van der Waals surface area contributed by atoms with Crippen molar-refractivity contribution in [3.05, 3.63) is 95.1 Å². The van der Waals surface area contributed by atoms with Crippen LogP contribution in [0.2, 0.25) is 0 Å². The number of hydrogen-bond acceptors (Lipinski definition) is 5. The van der Waals surface area contributed by atoms with E-state index in [0.717, 1.165) is 11.1 Å². The second-order valence-corrected chi connectivity index (χ2v) is 6.13. The van der Waals surface area contributed by atoms with Crippen molar-refractivity contribution in [2.45, 2.75) is 6.61 Å². The summed E-state index contributed by atoms with van der Waals surface area (Å²) in [5.74, 6) is -0.738. The van der Waals surface area contributed by atoms with Gasteiger partial charge in [0.15, 0.2) is 0 Å². The Morgan fingerprint density at radius 2 is 1.72 bits per heavy atom. The summed E-state index contributed by atoms with van der Waals surface area (Å²) in [6.45, 7) is 0.294. The predicted molar refractivity (Wildman–Crippen MR) is 109 cm³/mol. The molecule has 0 unspecified atom stereocenters. The molecule has 0 spiro atoms. The number of carbonyl (C=O) groups excluding carboxylic acids is 1. The van der Waals surface area contributed by atoms with E-state index in [-0.39, 0.29) is 5.56 Å². The Kier molecular flexibility index (Phi) is 6.37. The highest BCUT2D eigenvalue weighted by molar-refractivity contribution is 5.91. The van der Waals surface area contributed by atoms with E-state index in [0.29, 0.717) is 23.6 Å². The van der Waals surface area contributed by atoms with Gasteiger partial charge in [0.1, 0.15) is 12.4 Å². The second-order valence-electron chi connectivity index (χ2n) is 6.13. The fraction of sp³-hybridized carbons (Fsp3) is 0.0870. The number of carboxylic acid groups (broad SMARTS) is 1. The molecule has 6 heteroatoms. The van der Waals surface area contributed by atoms with Crippen molar-refractivity contribution in [2.75, 3.05) is 7.11 Å². The van der Waals surface area contributed by atoms with E-state index in [1.165, 1.54) is 7.11 Å². The Morgan fingerprint density at radius 3 is 2.45 bits per heavy atom. The minimum Gasteiger partial charge on any atom is -0.488 e. The summed E-state index contributed by atoms with van der Waals surface area (Å²) in [6, 6.07) is 20.8. The number of aromatic carboxylic acids is 1. The Hall–Kier alpha value is -3.93. The molecule has 0 radical (unpaired) electrons. The zero-order valence-electron chi connectivity index (χ0n) is 15.7. The van der Waals surface area contributed by atoms with Crippen LogP contribution in [-0.2, 0) is 11.3 Å². The van der Waals surface area contributed by atoms with Gasteiger partial charge in [-0.2, -0.15) is 0 Å². The largest absolute Gasteiger partial charge is 0.488 e. The van der Waals surface area contributed by atoms with Crippen molar-refractivity contribution in [3.8, 4) is 5.75 Å². The molecule has 0 saturated carbocycles. The quantitative estimate of drug-likeness (QED) is 0.475. The van der Waals surface area contributed by atoms with Crippen molar-refractivity contribution in [3.63, 3.8) is 0 Å². The highest BCUT2D eigenvalue weighted by Gasteiger charge is 2.06. The van der Waals surface area contributed by atoms with E-state index in [1.807, 2.05) is 24.3 Å². The first kappa shape index (κ1) is 19.8. The van der Waals surface area contributed by atoms with Gasteiger partial charge in [-0.3, -0.25) is 4.99 Å². The lowest BCUT2D eigenvalue weighted by molar-refractivity contribution is 0.0600. The van der Waals surface area contributed by atoms with Gasteiger partial charge in [0.2, 0.25) is 0 Å². The Labute approximate surface area is 168 Å². The smallest absolute Gasteiger partial charge is 0.337 e. The first-order chi connectivity index (χ1) is 14.1. The molecule has 0 heterocycles. The number of methoxy groups -OCH3 is 1. The Morgan fingerprint density at radius 1 is 0.966 bits per heavy atom. The molecule has 0 aliphatic carbocycles. The molecular weight excluding hydrogens is 370 g/mol. The van der Waals surface area contributed by atoms with Crippen molar-refractivity contribution in [1.82, 2.24) is 0 Å². The number of esters is 1. The van der Waals surface area contributed by atoms with E-state index in [1.54, 1.807) is 54.7 Å². The predicted octanol–water partition coefficient (Wildman–Crippen LogP) is 4.50. The molecule has 3 aromatic carbocycles.